The first-order chi connectivity index (χ1) is 5.75. The van der Waals surface area contributed by atoms with Crippen molar-refractivity contribution in [1.82, 2.24) is 4.98 Å². The van der Waals surface area contributed by atoms with Crippen LogP contribution in [0.2, 0.25) is 0 Å². The lowest BCUT2D eigenvalue weighted by molar-refractivity contribution is 0.734. The van der Waals surface area contributed by atoms with Gasteiger partial charge in [-0.25, -0.2) is 0 Å². The van der Waals surface area contributed by atoms with Gasteiger partial charge in [-0.3, -0.25) is 0 Å². The van der Waals surface area contributed by atoms with Crippen LogP contribution in [0.3, 0.4) is 0 Å². The predicted octanol–water partition coefficient (Wildman–Crippen LogP) is 2.32. The topological polar surface area (TPSA) is 41.8 Å². The minimum Gasteiger partial charge on any atom is -0.353 e. The molecule has 3 heteroatoms. The highest BCUT2D eigenvalue weighted by molar-refractivity contribution is 7.71. The molecular formula is C9H12N2S. The van der Waals surface area contributed by atoms with Crippen molar-refractivity contribution in [3.05, 3.63) is 41.2 Å². The Morgan fingerprint density at radius 3 is 3.08 bits per heavy atom. The van der Waals surface area contributed by atoms with E-state index in [1.165, 1.54) is 0 Å². The molecule has 0 aromatic carbocycles. The summed E-state index contributed by atoms with van der Waals surface area (Å²) < 4.78 is 0.715. The number of aromatic amines is 1. The van der Waals surface area contributed by atoms with Gasteiger partial charge < -0.3 is 10.7 Å². The average Bonchev–Trinajstić information content (AvgIpc) is 2.05. The van der Waals surface area contributed by atoms with Gasteiger partial charge >= 0.3 is 0 Å². The van der Waals surface area contributed by atoms with Gasteiger partial charge in [0.1, 0.15) is 4.64 Å². The Morgan fingerprint density at radius 1 is 1.75 bits per heavy atom. The van der Waals surface area contributed by atoms with E-state index in [1.807, 2.05) is 12.1 Å². The van der Waals surface area contributed by atoms with Gasteiger partial charge in [0, 0.05) is 17.8 Å². The molecule has 0 amide bonds. The van der Waals surface area contributed by atoms with E-state index in [9.17, 15) is 0 Å². The van der Waals surface area contributed by atoms with Crippen molar-refractivity contribution in [1.29, 1.82) is 0 Å². The highest BCUT2D eigenvalue weighted by atomic mass is 32.1. The van der Waals surface area contributed by atoms with Gasteiger partial charge in [0.2, 0.25) is 0 Å². The summed E-state index contributed by atoms with van der Waals surface area (Å²) in [5.41, 5.74) is 6.83. The molecule has 1 aromatic heterocycles. The fraction of sp³-hybridized carbons (Fsp3) is 0.222. The normalized spacial score (nSPS) is 12.4. The fourth-order valence-corrected chi connectivity index (χ4v) is 1.32. The summed E-state index contributed by atoms with van der Waals surface area (Å²) in [6, 6.07) is 3.80. The maximum absolute atomic E-state index is 5.85. The number of nitrogens with two attached hydrogens (primary N) is 1. The molecule has 0 bridgehead atoms. The first-order valence-electron chi connectivity index (χ1n) is 3.79. The monoisotopic (exact) mass is 180 g/mol. The van der Waals surface area contributed by atoms with E-state index >= 15 is 0 Å². The van der Waals surface area contributed by atoms with E-state index in [2.05, 4.69) is 11.6 Å². The zero-order chi connectivity index (χ0) is 8.97. The molecule has 0 fully saturated rings. The number of H-pyrrole nitrogens is 1. The molecule has 0 unspecified atom stereocenters. The third-order valence-electron chi connectivity index (χ3n) is 1.67. The van der Waals surface area contributed by atoms with Crippen LogP contribution in [-0.2, 0) is 0 Å². The fourth-order valence-electron chi connectivity index (χ4n) is 1.03. The van der Waals surface area contributed by atoms with E-state index < -0.39 is 0 Å². The zero-order valence-corrected chi connectivity index (χ0v) is 7.60. The molecule has 0 aliphatic carbocycles. The highest BCUT2D eigenvalue weighted by Crippen LogP contribution is 2.13. The second-order valence-corrected chi connectivity index (χ2v) is 2.99. The lowest BCUT2D eigenvalue weighted by Crippen LogP contribution is -2.09. The van der Waals surface area contributed by atoms with Crippen LogP contribution < -0.4 is 5.73 Å². The van der Waals surface area contributed by atoms with E-state index in [4.69, 9.17) is 18.0 Å². The molecule has 3 N–H and O–H groups in total. The summed E-state index contributed by atoms with van der Waals surface area (Å²) >= 11 is 5.07. The van der Waals surface area contributed by atoms with Gasteiger partial charge in [0.15, 0.2) is 0 Å². The van der Waals surface area contributed by atoms with Gasteiger partial charge in [-0.2, -0.15) is 0 Å². The predicted molar refractivity (Wildman–Crippen MR) is 53.4 cm³/mol. The molecule has 12 heavy (non-hydrogen) atoms. The number of hydrogen-bond donors (Lipinski definition) is 2. The van der Waals surface area contributed by atoms with Crippen LogP contribution in [-0.4, -0.2) is 4.98 Å². The van der Waals surface area contributed by atoms with Crippen LogP contribution in [0.4, 0.5) is 0 Å². The minimum absolute atomic E-state index is 0.0348. The Labute approximate surface area is 77.1 Å². The zero-order valence-electron chi connectivity index (χ0n) is 6.79. The number of rotatable bonds is 3. The van der Waals surface area contributed by atoms with Crippen molar-refractivity contribution in [2.75, 3.05) is 0 Å². The van der Waals surface area contributed by atoms with Crippen molar-refractivity contribution in [3.8, 4) is 0 Å². The van der Waals surface area contributed by atoms with Crippen LogP contribution in [0, 0.1) is 4.64 Å². The third-order valence-corrected chi connectivity index (χ3v) is 2.02. The van der Waals surface area contributed by atoms with Gasteiger partial charge in [0.05, 0.1) is 0 Å². The Morgan fingerprint density at radius 2 is 2.50 bits per heavy atom. The maximum Gasteiger partial charge on any atom is 0.108 e. The van der Waals surface area contributed by atoms with Gasteiger partial charge in [-0.1, -0.05) is 24.4 Å². The van der Waals surface area contributed by atoms with E-state index in [-0.39, 0.29) is 6.04 Å². The molecule has 0 spiro atoms. The number of aromatic nitrogens is 1. The molecule has 64 valence electrons. The molecule has 2 nitrogen and oxygen atoms in total. The van der Waals surface area contributed by atoms with Crippen LogP contribution >= 0.6 is 12.2 Å². The van der Waals surface area contributed by atoms with Crippen LogP contribution in [0.15, 0.2) is 31.0 Å². The second kappa shape index (κ2) is 4.18. The smallest absolute Gasteiger partial charge is 0.108 e. The molecule has 1 atom stereocenters. The summed E-state index contributed by atoms with van der Waals surface area (Å²) in [5, 5.41) is 0. The van der Waals surface area contributed by atoms with E-state index in [0.29, 0.717) is 4.64 Å². The number of hydrogen-bond acceptors (Lipinski definition) is 2. The highest BCUT2D eigenvalue weighted by Gasteiger charge is 2.04. The molecule has 0 aliphatic rings. The molecule has 0 aliphatic heterocycles. The van der Waals surface area contributed by atoms with Crippen LogP contribution in [0.5, 0.6) is 0 Å². The molecule has 0 radical (unpaired) electrons. The molecule has 1 heterocycles. The SMILES string of the molecule is C=CC[C@H](N)c1ccc[nH]c1=S. The first-order valence-corrected chi connectivity index (χ1v) is 4.20. The van der Waals surface area contributed by atoms with Gasteiger partial charge in [-0.05, 0) is 12.5 Å². The Kier molecular flexibility index (Phi) is 3.19. The molecule has 1 aromatic rings. The Balaban J connectivity index is 2.94. The minimum atomic E-state index is -0.0348. The first kappa shape index (κ1) is 9.16. The van der Waals surface area contributed by atoms with Crippen LogP contribution in [0.25, 0.3) is 0 Å². The van der Waals surface area contributed by atoms with E-state index in [0.717, 1.165) is 12.0 Å². The maximum atomic E-state index is 5.85. The molecular weight excluding hydrogens is 168 g/mol. The van der Waals surface area contributed by atoms with Gasteiger partial charge in [-0.15, -0.1) is 6.58 Å². The molecule has 1 rings (SSSR count). The van der Waals surface area contributed by atoms with Crippen molar-refractivity contribution in [2.45, 2.75) is 12.5 Å². The largest absolute Gasteiger partial charge is 0.353 e. The lowest BCUT2D eigenvalue weighted by atomic mass is 10.1. The van der Waals surface area contributed by atoms with Crippen molar-refractivity contribution in [3.63, 3.8) is 0 Å². The lowest BCUT2D eigenvalue weighted by Gasteiger charge is -2.08. The van der Waals surface area contributed by atoms with Crippen molar-refractivity contribution >= 4 is 12.2 Å². The summed E-state index contributed by atoms with van der Waals surface area (Å²) in [7, 11) is 0. The number of pyridine rings is 1. The summed E-state index contributed by atoms with van der Waals surface area (Å²) in [4.78, 5) is 2.94. The standard InChI is InChI=1S/C9H12N2S/c1-2-4-8(10)7-5-3-6-11-9(7)12/h2-3,5-6,8H,1,4,10H2,(H,11,12)/t8-/m0/s1. The Hall–Kier alpha value is -0.930. The quantitative estimate of drug-likeness (QED) is 0.553. The van der Waals surface area contributed by atoms with E-state index in [1.54, 1.807) is 12.3 Å². The second-order valence-electron chi connectivity index (χ2n) is 2.59. The van der Waals surface area contributed by atoms with Gasteiger partial charge in [0.25, 0.3) is 0 Å². The molecule has 0 saturated carbocycles. The summed E-state index contributed by atoms with van der Waals surface area (Å²) in [6.07, 6.45) is 4.35. The van der Waals surface area contributed by atoms with Crippen molar-refractivity contribution in [2.24, 2.45) is 5.73 Å². The summed E-state index contributed by atoms with van der Waals surface area (Å²) in [5.74, 6) is 0. The summed E-state index contributed by atoms with van der Waals surface area (Å²) in [6.45, 7) is 3.63. The molecule has 0 saturated heterocycles. The Bertz CT molecular complexity index is 316. The van der Waals surface area contributed by atoms with Crippen LogP contribution in [0.1, 0.15) is 18.0 Å². The average molecular weight is 180 g/mol. The third kappa shape index (κ3) is 2.03. The van der Waals surface area contributed by atoms with Crippen molar-refractivity contribution < 1.29 is 0 Å². The number of nitrogens with one attached hydrogen (secondary N) is 1.